The Bertz CT molecular complexity index is 955. The molecule has 26 heavy (non-hydrogen) atoms. The molecule has 3 nitrogen and oxygen atoms in total. The van der Waals surface area contributed by atoms with Crippen LogP contribution in [0.15, 0.2) is 48.5 Å². The molecule has 0 fully saturated rings. The maximum absolute atomic E-state index is 11.9. The van der Waals surface area contributed by atoms with Crippen molar-refractivity contribution in [3.8, 4) is 11.3 Å². The molecular weight excluding hydrogens is 344 g/mol. The second kappa shape index (κ2) is 7.38. The van der Waals surface area contributed by atoms with E-state index >= 15 is 0 Å². The molecule has 3 rings (SSSR count). The molecule has 0 saturated carbocycles. The number of nitrogens with zero attached hydrogens (tertiary/aromatic N) is 1. The zero-order valence-corrected chi connectivity index (χ0v) is 16.1. The van der Waals surface area contributed by atoms with Crippen LogP contribution in [0.3, 0.4) is 0 Å². The molecule has 1 heterocycles. The molecule has 0 aliphatic carbocycles. The normalized spacial score (nSPS) is 10.9. The van der Waals surface area contributed by atoms with E-state index in [2.05, 4.69) is 36.6 Å². The molecule has 2 N–H and O–H groups in total. The van der Waals surface area contributed by atoms with Gasteiger partial charge in [-0.3, -0.25) is 4.79 Å². The van der Waals surface area contributed by atoms with Gasteiger partial charge in [-0.25, -0.2) is 0 Å². The summed E-state index contributed by atoms with van der Waals surface area (Å²) in [4.78, 5) is 11.9. The number of hydrogen-bond donors (Lipinski definition) is 1. The minimum atomic E-state index is -0.390. The molecule has 2 aromatic carbocycles. The zero-order valence-electron chi connectivity index (χ0n) is 15.3. The summed E-state index contributed by atoms with van der Waals surface area (Å²) < 4.78 is 2.19. The van der Waals surface area contributed by atoms with Crippen LogP contribution in [0.2, 0.25) is 5.02 Å². The quantitative estimate of drug-likeness (QED) is 0.672. The SMILES string of the molecule is Cc1ccc(-c2cc(C(N)=O)c(C)n2CCc2ccc(Cl)cc2)c(C)c1. The summed E-state index contributed by atoms with van der Waals surface area (Å²) in [6, 6.07) is 16.2. The van der Waals surface area contributed by atoms with E-state index in [-0.39, 0.29) is 0 Å². The van der Waals surface area contributed by atoms with E-state index in [1.54, 1.807) is 0 Å². The Balaban J connectivity index is 2.02. The standard InChI is InChI=1S/C22H23ClN2O/c1-14-4-9-19(15(2)12-14)21-13-20(22(24)26)16(3)25(21)11-10-17-5-7-18(23)8-6-17/h4-9,12-13H,10-11H2,1-3H3,(H2,24,26). The van der Waals surface area contributed by atoms with Gasteiger partial charge in [-0.15, -0.1) is 0 Å². The second-order valence-electron chi connectivity index (χ2n) is 6.74. The summed E-state index contributed by atoms with van der Waals surface area (Å²) in [5.41, 5.74) is 12.8. The highest BCUT2D eigenvalue weighted by atomic mass is 35.5. The van der Waals surface area contributed by atoms with Crippen LogP contribution in [-0.4, -0.2) is 10.5 Å². The van der Waals surface area contributed by atoms with Crippen molar-refractivity contribution >= 4 is 17.5 Å². The Morgan fingerprint density at radius 1 is 1.04 bits per heavy atom. The van der Waals surface area contributed by atoms with Gasteiger partial charge in [0, 0.05) is 28.5 Å². The number of halogens is 1. The Morgan fingerprint density at radius 3 is 2.35 bits per heavy atom. The summed E-state index contributed by atoms with van der Waals surface area (Å²) in [5.74, 6) is -0.390. The third-order valence-electron chi connectivity index (χ3n) is 4.83. The van der Waals surface area contributed by atoms with Crippen LogP contribution in [0, 0.1) is 20.8 Å². The van der Waals surface area contributed by atoms with Gasteiger partial charge in [0.05, 0.1) is 5.56 Å². The highest BCUT2D eigenvalue weighted by Gasteiger charge is 2.17. The van der Waals surface area contributed by atoms with E-state index in [0.29, 0.717) is 5.56 Å². The molecule has 0 aliphatic heterocycles. The molecule has 0 atom stereocenters. The topological polar surface area (TPSA) is 48.0 Å². The molecule has 0 unspecified atom stereocenters. The number of rotatable bonds is 5. The maximum atomic E-state index is 11.9. The number of aromatic nitrogens is 1. The fraction of sp³-hybridized carbons (Fsp3) is 0.227. The molecule has 3 aromatic rings. The molecule has 1 amide bonds. The Morgan fingerprint density at radius 2 is 1.73 bits per heavy atom. The average Bonchev–Trinajstić information content (AvgIpc) is 2.91. The van der Waals surface area contributed by atoms with Crippen LogP contribution < -0.4 is 5.73 Å². The molecule has 1 aromatic heterocycles. The largest absolute Gasteiger partial charge is 0.366 e. The van der Waals surface area contributed by atoms with Gasteiger partial charge in [0.2, 0.25) is 0 Å². The van der Waals surface area contributed by atoms with Crippen molar-refractivity contribution in [1.29, 1.82) is 0 Å². The van der Waals surface area contributed by atoms with Crippen LogP contribution in [0.25, 0.3) is 11.3 Å². The molecule has 0 bridgehead atoms. The first-order valence-electron chi connectivity index (χ1n) is 8.69. The van der Waals surface area contributed by atoms with Crippen molar-refractivity contribution in [2.24, 2.45) is 5.73 Å². The van der Waals surface area contributed by atoms with Crippen LogP contribution in [0.5, 0.6) is 0 Å². The van der Waals surface area contributed by atoms with E-state index in [0.717, 1.165) is 34.9 Å². The minimum Gasteiger partial charge on any atom is -0.366 e. The van der Waals surface area contributed by atoms with Crippen molar-refractivity contribution in [2.75, 3.05) is 0 Å². The second-order valence-corrected chi connectivity index (χ2v) is 7.18. The van der Waals surface area contributed by atoms with Gasteiger partial charge in [0.1, 0.15) is 0 Å². The Labute approximate surface area is 159 Å². The lowest BCUT2D eigenvalue weighted by atomic mass is 10.0. The van der Waals surface area contributed by atoms with Gasteiger partial charge in [0.25, 0.3) is 5.91 Å². The Hall–Kier alpha value is -2.52. The lowest BCUT2D eigenvalue weighted by molar-refractivity contribution is 0.0999. The number of carbonyl (C=O) groups is 1. The summed E-state index contributed by atoms with van der Waals surface area (Å²) in [6.45, 7) is 6.90. The van der Waals surface area contributed by atoms with Crippen LogP contribution >= 0.6 is 11.6 Å². The van der Waals surface area contributed by atoms with Crippen molar-refractivity contribution in [1.82, 2.24) is 4.57 Å². The third kappa shape index (κ3) is 3.68. The summed E-state index contributed by atoms with van der Waals surface area (Å²) in [6.07, 6.45) is 0.850. The van der Waals surface area contributed by atoms with Gasteiger partial charge >= 0.3 is 0 Å². The smallest absolute Gasteiger partial charge is 0.250 e. The molecule has 0 radical (unpaired) electrons. The maximum Gasteiger partial charge on any atom is 0.250 e. The average molecular weight is 367 g/mol. The molecule has 0 saturated heterocycles. The minimum absolute atomic E-state index is 0.390. The van der Waals surface area contributed by atoms with Crippen molar-refractivity contribution in [3.05, 3.63) is 81.5 Å². The van der Waals surface area contributed by atoms with Gasteiger partial charge < -0.3 is 10.3 Å². The van der Waals surface area contributed by atoms with Crippen molar-refractivity contribution in [3.63, 3.8) is 0 Å². The fourth-order valence-corrected chi connectivity index (χ4v) is 3.52. The third-order valence-corrected chi connectivity index (χ3v) is 5.08. The van der Waals surface area contributed by atoms with E-state index in [1.807, 2.05) is 37.3 Å². The summed E-state index contributed by atoms with van der Waals surface area (Å²) >= 11 is 5.97. The first kappa shape index (κ1) is 18.3. The van der Waals surface area contributed by atoms with Gasteiger partial charge in [0.15, 0.2) is 0 Å². The molecule has 4 heteroatoms. The fourth-order valence-electron chi connectivity index (χ4n) is 3.40. The molecule has 0 aliphatic rings. The van der Waals surface area contributed by atoms with E-state index < -0.39 is 5.91 Å². The first-order chi connectivity index (χ1) is 12.4. The highest BCUT2D eigenvalue weighted by Crippen LogP contribution is 2.29. The van der Waals surface area contributed by atoms with E-state index in [1.165, 1.54) is 16.7 Å². The predicted molar refractivity (Wildman–Crippen MR) is 108 cm³/mol. The lowest BCUT2D eigenvalue weighted by Gasteiger charge is -2.14. The summed E-state index contributed by atoms with van der Waals surface area (Å²) in [7, 11) is 0. The number of nitrogens with two attached hydrogens (primary N) is 1. The van der Waals surface area contributed by atoms with Crippen LogP contribution in [0.1, 0.15) is 32.7 Å². The number of amides is 1. The predicted octanol–water partition coefficient (Wildman–Crippen LogP) is 5.08. The lowest BCUT2D eigenvalue weighted by Crippen LogP contribution is -2.13. The van der Waals surface area contributed by atoms with Crippen LogP contribution in [-0.2, 0) is 13.0 Å². The van der Waals surface area contributed by atoms with Crippen molar-refractivity contribution in [2.45, 2.75) is 33.7 Å². The number of primary amides is 1. The number of hydrogen-bond acceptors (Lipinski definition) is 1. The molecule has 134 valence electrons. The number of carbonyl (C=O) groups excluding carboxylic acids is 1. The van der Waals surface area contributed by atoms with Gasteiger partial charge in [-0.2, -0.15) is 0 Å². The van der Waals surface area contributed by atoms with Gasteiger partial charge in [-0.05, 0) is 56.5 Å². The molecular formula is C22H23ClN2O. The summed E-state index contributed by atoms with van der Waals surface area (Å²) in [5, 5.41) is 0.734. The Kier molecular flexibility index (Phi) is 5.19. The van der Waals surface area contributed by atoms with Crippen LogP contribution in [0.4, 0.5) is 0 Å². The van der Waals surface area contributed by atoms with E-state index in [9.17, 15) is 4.79 Å². The highest BCUT2D eigenvalue weighted by molar-refractivity contribution is 6.30. The number of aryl methyl sites for hydroxylation is 3. The zero-order chi connectivity index (χ0) is 18.8. The first-order valence-corrected chi connectivity index (χ1v) is 9.06. The number of benzene rings is 2. The molecule has 0 spiro atoms. The van der Waals surface area contributed by atoms with Crippen molar-refractivity contribution < 1.29 is 4.79 Å². The monoisotopic (exact) mass is 366 g/mol. The van der Waals surface area contributed by atoms with Gasteiger partial charge in [-0.1, -0.05) is 47.5 Å². The van der Waals surface area contributed by atoms with E-state index in [4.69, 9.17) is 17.3 Å².